The Labute approximate surface area is 330 Å². The summed E-state index contributed by atoms with van der Waals surface area (Å²) in [5.41, 5.74) is 6.35. The lowest BCUT2D eigenvalue weighted by Gasteiger charge is -2.09. The highest BCUT2D eigenvalue weighted by Gasteiger charge is 2.03. The van der Waals surface area contributed by atoms with Gasteiger partial charge in [-0.1, -0.05) is 45.4 Å². The lowest BCUT2D eigenvalue weighted by molar-refractivity contribution is -0.145. The normalized spacial score (nSPS) is 11.4. The van der Waals surface area contributed by atoms with Crippen molar-refractivity contribution in [3.63, 3.8) is 0 Å². The number of nitrogen functional groups attached to an aromatic ring is 1. The minimum atomic E-state index is -0.143. The van der Waals surface area contributed by atoms with Gasteiger partial charge in [-0.05, 0) is 30.7 Å². The molecule has 0 aliphatic rings. The van der Waals surface area contributed by atoms with Gasteiger partial charge in [-0.15, -0.1) is 0 Å². The maximum atomic E-state index is 11.7. The maximum Gasteiger partial charge on any atom is 0.305 e. The molecule has 322 valence electrons. The van der Waals surface area contributed by atoms with Crippen LogP contribution in [0.5, 0.6) is 5.75 Å². The van der Waals surface area contributed by atoms with Crippen molar-refractivity contribution in [3.05, 3.63) is 24.3 Å². The molecule has 55 heavy (non-hydrogen) atoms. The monoisotopic (exact) mass is 792 g/mol. The standard InChI is InChI=1S/C40H73NO14/c1-2-3-4-5-6-7-8-9-40(42)55-37-35-53-33-31-51-29-27-49-25-23-47-21-19-45-17-15-43-14-16-44-18-20-46-22-24-48-26-28-50-30-32-52-34-36-54-39-12-10-38(41)11-13-39/h10-13H,2-9,14-37,41H2,1H3. The molecule has 0 amide bonds. The second-order valence-electron chi connectivity index (χ2n) is 12.2. The van der Waals surface area contributed by atoms with Crippen molar-refractivity contribution in [2.45, 2.75) is 58.3 Å². The molecular formula is C40H73NO14. The molecule has 2 N–H and O–H groups in total. The van der Waals surface area contributed by atoms with Crippen LogP contribution < -0.4 is 10.5 Å². The van der Waals surface area contributed by atoms with Crippen LogP contribution in [0.15, 0.2) is 24.3 Å². The van der Waals surface area contributed by atoms with Crippen LogP contribution in [-0.2, 0) is 61.6 Å². The Hall–Kier alpha value is -2.15. The Kier molecular flexibility index (Phi) is 39.8. The number of hydrogen-bond donors (Lipinski definition) is 1. The second kappa shape index (κ2) is 43.0. The van der Waals surface area contributed by atoms with Crippen LogP contribution in [0.2, 0.25) is 0 Å². The van der Waals surface area contributed by atoms with Gasteiger partial charge < -0.3 is 67.3 Å². The zero-order valence-corrected chi connectivity index (χ0v) is 33.7. The topological polar surface area (TPSA) is 163 Å². The first-order valence-electron chi connectivity index (χ1n) is 20.2. The summed E-state index contributed by atoms with van der Waals surface area (Å²) in [7, 11) is 0. The Morgan fingerprint density at radius 3 is 1.04 bits per heavy atom. The van der Waals surface area contributed by atoms with E-state index in [0.717, 1.165) is 18.6 Å². The summed E-state index contributed by atoms with van der Waals surface area (Å²) >= 11 is 0. The fourth-order valence-electron chi connectivity index (χ4n) is 4.60. The Bertz CT molecular complexity index is 914. The van der Waals surface area contributed by atoms with Crippen molar-refractivity contribution in [2.75, 3.05) is 164 Å². The molecule has 0 radical (unpaired) electrons. The van der Waals surface area contributed by atoms with Crippen LogP contribution in [0.4, 0.5) is 5.69 Å². The van der Waals surface area contributed by atoms with Gasteiger partial charge >= 0.3 is 5.97 Å². The van der Waals surface area contributed by atoms with Crippen molar-refractivity contribution in [3.8, 4) is 5.75 Å². The fourth-order valence-corrected chi connectivity index (χ4v) is 4.60. The Balaban J connectivity index is 1.63. The lowest BCUT2D eigenvalue weighted by atomic mass is 10.1. The number of anilines is 1. The van der Waals surface area contributed by atoms with E-state index in [-0.39, 0.29) is 12.6 Å². The third kappa shape index (κ3) is 39.9. The van der Waals surface area contributed by atoms with Gasteiger partial charge in [-0.25, -0.2) is 0 Å². The van der Waals surface area contributed by atoms with E-state index >= 15 is 0 Å². The van der Waals surface area contributed by atoms with Crippen molar-refractivity contribution in [2.24, 2.45) is 0 Å². The van der Waals surface area contributed by atoms with E-state index in [1.54, 1.807) is 12.1 Å². The highest BCUT2D eigenvalue weighted by molar-refractivity contribution is 5.69. The molecule has 0 unspecified atom stereocenters. The molecule has 15 heteroatoms. The molecule has 0 bridgehead atoms. The number of carbonyl (C=O) groups is 1. The van der Waals surface area contributed by atoms with Crippen LogP contribution in [0.1, 0.15) is 58.3 Å². The predicted octanol–water partition coefficient (Wildman–Crippen LogP) is 4.51. The number of carbonyl (C=O) groups excluding carboxylic acids is 1. The van der Waals surface area contributed by atoms with Crippen molar-refractivity contribution in [1.82, 2.24) is 0 Å². The molecule has 0 atom stereocenters. The molecule has 0 saturated heterocycles. The van der Waals surface area contributed by atoms with Crippen LogP contribution >= 0.6 is 0 Å². The van der Waals surface area contributed by atoms with Crippen molar-refractivity contribution in [1.29, 1.82) is 0 Å². The third-order valence-electron chi connectivity index (χ3n) is 7.57. The van der Waals surface area contributed by atoms with Gasteiger partial charge in [0, 0.05) is 12.1 Å². The van der Waals surface area contributed by atoms with Crippen molar-refractivity contribution >= 4 is 11.7 Å². The molecule has 1 aromatic rings. The quantitative estimate of drug-likeness (QED) is 0.0557. The SMILES string of the molecule is CCCCCCCCCC(=O)OCCOCCOCCOCCOCCOCCOCCOCCOCCOCCOCCOCCOc1ccc(N)cc1. The van der Waals surface area contributed by atoms with Gasteiger partial charge in [-0.3, -0.25) is 4.79 Å². The second-order valence-corrected chi connectivity index (χ2v) is 12.2. The molecule has 0 saturated carbocycles. The molecular weight excluding hydrogens is 718 g/mol. The number of ether oxygens (including phenoxy) is 13. The van der Waals surface area contributed by atoms with E-state index < -0.39 is 0 Å². The van der Waals surface area contributed by atoms with Crippen LogP contribution in [0.25, 0.3) is 0 Å². The number of benzene rings is 1. The zero-order valence-electron chi connectivity index (χ0n) is 33.7. The van der Waals surface area contributed by atoms with E-state index in [1.165, 1.54) is 32.1 Å². The molecule has 1 aromatic carbocycles. The maximum absolute atomic E-state index is 11.7. The van der Waals surface area contributed by atoms with E-state index in [1.807, 2.05) is 12.1 Å². The highest BCUT2D eigenvalue weighted by Crippen LogP contribution is 2.12. The number of hydrogen-bond acceptors (Lipinski definition) is 15. The molecule has 1 rings (SSSR count). The molecule has 0 aliphatic carbocycles. The first kappa shape index (κ1) is 50.9. The van der Waals surface area contributed by atoms with Crippen molar-refractivity contribution < 1.29 is 66.4 Å². The van der Waals surface area contributed by atoms with Gasteiger partial charge in [0.25, 0.3) is 0 Å². The molecule has 0 spiro atoms. The van der Waals surface area contributed by atoms with Crippen LogP contribution in [-0.4, -0.2) is 165 Å². The lowest BCUT2D eigenvalue weighted by Crippen LogP contribution is -2.16. The number of nitrogens with two attached hydrogens (primary N) is 1. The third-order valence-corrected chi connectivity index (χ3v) is 7.57. The first-order chi connectivity index (χ1) is 27.2. The van der Waals surface area contributed by atoms with Gasteiger partial charge in [0.15, 0.2) is 0 Å². The summed E-state index contributed by atoms with van der Waals surface area (Å²) < 4.78 is 71.1. The zero-order chi connectivity index (χ0) is 39.4. The summed E-state index contributed by atoms with van der Waals surface area (Å²) in [4.78, 5) is 11.7. The average molecular weight is 792 g/mol. The smallest absolute Gasteiger partial charge is 0.305 e. The van der Waals surface area contributed by atoms with E-state index in [2.05, 4.69) is 6.92 Å². The predicted molar refractivity (Wildman–Crippen MR) is 209 cm³/mol. The fraction of sp³-hybridized carbons (Fsp3) is 0.825. The van der Waals surface area contributed by atoms with E-state index in [4.69, 9.17) is 67.3 Å². The molecule has 0 aromatic heterocycles. The van der Waals surface area contributed by atoms with Crippen LogP contribution in [0, 0.1) is 0 Å². The molecule has 15 nitrogen and oxygen atoms in total. The minimum absolute atomic E-state index is 0.143. The molecule has 0 heterocycles. The Morgan fingerprint density at radius 1 is 0.400 bits per heavy atom. The summed E-state index contributed by atoms with van der Waals surface area (Å²) in [5, 5.41) is 0. The van der Waals surface area contributed by atoms with Gasteiger partial charge in [0.2, 0.25) is 0 Å². The van der Waals surface area contributed by atoms with Crippen LogP contribution in [0.3, 0.4) is 0 Å². The van der Waals surface area contributed by atoms with E-state index in [9.17, 15) is 4.79 Å². The van der Waals surface area contributed by atoms with Gasteiger partial charge in [0.05, 0.1) is 145 Å². The number of esters is 1. The summed E-state index contributed by atoms with van der Waals surface area (Å²) in [6.07, 6.45) is 8.78. The summed E-state index contributed by atoms with van der Waals surface area (Å²) in [5.74, 6) is 0.626. The average Bonchev–Trinajstić information content (AvgIpc) is 3.19. The van der Waals surface area contributed by atoms with Gasteiger partial charge in [0.1, 0.15) is 19.0 Å². The molecule has 0 fully saturated rings. The molecule has 0 aliphatic heterocycles. The first-order valence-corrected chi connectivity index (χ1v) is 20.2. The number of rotatable bonds is 45. The van der Waals surface area contributed by atoms with E-state index in [0.29, 0.717) is 164 Å². The minimum Gasteiger partial charge on any atom is -0.491 e. The van der Waals surface area contributed by atoms with Gasteiger partial charge in [-0.2, -0.15) is 0 Å². The summed E-state index contributed by atoms with van der Waals surface area (Å²) in [6.45, 7) is 13.7. The Morgan fingerprint density at radius 2 is 0.691 bits per heavy atom. The number of unbranched alkanes of at least 4 members (excludes halogenated alkanes) is 6. The largest absolute Gasteiger partial charge is 0.491 e. The summed E-state index contributed by atoms with van der Waals surface area (Å²) in [6, 6.07) is 7.26. The highest BCUT2D eigenvalue weighted by atomic mass is 16.6.